The van der Waals surface area contributed by atoms with Gasteiger partial charge in [-0.2, -0.15) is 0 Å². The van der Waals surface area contributed by atoms with Gasteiger partial charge in [-0.15, -0.1) is 0 Å². The molecule has 6 heteroatoms. The molecule has 2 aliphatic rings. The summed E-state index contributed by atoms with van der Waals surface area (Å²) < 4.78 is 0. The zero-order valence-corrected chi connectivity index (χ0v) is 17.0. The second-order valence-electron chi connectivity index (χ2n) is 8.90. The molecule has 0 radical (unpaired) electrons. The van der Waals surface area contributed by atoms with E-state index in [0.717, 1.165) is 62.4 Å². The van der Waals surface area contributed by atoms with E-state index in [0.29, 0.717) is 0 Å². The van der Waals surface area contributed by atoms with Crippen molar-refractivity contribution in [3.63, 3.8) is 0 Å². The molecule has 1 aliphatic heterocycles. The van der Waals surface area contributed by atoms with E-state index in [1.54, 1.807) is 6.20 Å². The lowest BCUT2D eigenvalue weighted by Gasteiger charge is -2.36. The van der Waals surface area contributed by atoms with Crippen molar-refractivity contribution in [3.8, 4) is 11.4 Å². The normalized spacial score (nSPS) is 19.4. The number of hydrogen-bond acceptors (Lipinski definition) is 5. The molecule has 6 nitrogen and oxygen atoms in total. The Labute approximate surface area is 166 Å². The molecule has 0 aromatic carbocycles. The van der Waals surface area contributed by atoms with Crippen LogP contribution in [0, 0.1) is 5.41 Å². The summed E-state index contributed by atoms with van der Waals surface area (Å²) in [5.74, 6) is 1.92. The molecule has 1 N–H and O–H groups in total. The predicted molar refractivity (Wildman–Crippen MR) is 110 cm³/mol. The van der Waals surface area contributed by atoms with E-state index in [4.69, 9.17) is 9.97 Å². The number of nitrogens with zero attached hydrogens (tertiary/aromatic N) is 4. The van der Waals surface area contributed by atoms with Gasteiger partial charge in [0.05, 0.1) is 0 Å². The van der Waals surface area contributed by atoms with Crippen LogP contribution in [0.5, 0.6) is 0 Å². The minimum Gasteiger partial charge on any atom is -0.354 e. The standard InChI is InChI=1S/C22H29N5O/c1-22(2,3)21(28)24-16-8-6-12-27(14-16)20-17-9-4-10-18(17)25-19(26-20)15-7-5-11-23-13-15/h5,7,11,13,16H,4,6,8-10,12,14H2,1-3H3,(H,24,28). The van der Waals surface area contributed by atoms with Crippen LogP contribution >= 0.6 is 0 Å². The van der Waals surface area contributed by atoms with Crippen molar-refractivity contribution in [1.82, 2.24) is 20.3 Å². The van der Waals surface area contributed by atoms with E-state index in [1.807, 2.05) is 39.1 Å². The fourth-order valence-corrected chi connectivity index (χ4v) is 3.99. The highest BCUT2D eigenvalue weighted by molar-refractivity contribution is 5.81. The van der Waals surface area contributed by atoms with E-state index in [-0.39, 0.29) is 17.4 Å². The monoisotopic (exact) mass is 379 g/mol. The largest absolute Gasteiger partial charge is 0.354 e. The molecule has 1 unspecified atom stereocenters. The van der Waals surface area contributed by atoms with Crippen LogP contribution in [0.15, 0.2) is 24.5 Å². The van der Waals surface area contributed by atoms with Crippen LogP contribution in [0.2, 0.25) is 0 Å². The van der Waals surface area contributed by atoms with Gasteiger partial charge in [-0.05, 0) is 44.2 Å². The van der Waals surface area contributed by atoms with Gasteiger partial charge < -0.3 is 10.2 Å². The summed E-state index contributed by atoms with van der Waals surface area (Å²) in [4.78, 5) is 28.8. The number of rotatable bonds is 3. The third-order valence-corrected chi connectivity index (χ3v) is 5.57. The highest BCUT2D eigenvalue weighted by atomic mass is 16.2. The summed E-state index contributed by atoms with van der Waals surface area (Å²) in [7, 11) is 0. The van der Waals surface area contributed by atoms with Crippen molar-refractivity contribution in [2.24, 2.45) is 5.41 Å². The van der Waals surface area contributed by atoms with Crippen LogP contribution in [0.4, 0.5) is 5.82 Å². The Hall–Kier alpha value is -2.50. The molecular formula is C22H29N5O. The minimum absolute atomic E-state index is 0.114. The third kappa shape index (κ3) is 3.86. The van der Waals surface area contributed by atoms with E-state index in [2.05, 4.69) is 15.2 Å². The Balaban J connectivity index is 1.61. The number of amides is 1. The lowest BCUT2D eigenvalue weighted by Crippen LogP contribution is -2.50. The van der Waals surface area contributed by atoms with Crippen molar-refractivity contribution < 1.29 is 4.79 Å². The van der Waals surface area contributed by atoms with Gasteiger partial charge in [0.2, 0.25) is 5.91 Å². The number of hydrogen-bond donors (Lipinski definition) is 1. The zero-order chi connectivity index (χ0) is 19.7. The molecular weight excluding hydrogens is 350 g/mol. The smallest absolute Gasteiger partial charge is 0.225 e. The molecule has 1 amide bonds. The fourth-order valence-electron chi connectivity index (χ4n) is 3.99. The molecule has 0 spiro atoms. The predicted octanol–water partition coefficient (Wildman–Crippen LogP) is 3.16. The van der Waals surface area contributed by atoms with E-state index >= 15 is 0 Å². The molecule has 1 fully saturated rings. The Morgan fingerprint density at radius 3 is 2.82 bits per heavy atom. The second kappa shape index (κ2) is 7.49. The van der Waals surface area contributed by atoms with Crippen LogP contribution < -0.4 is 10.2 Å². The number of carbonyl (C=O) groups is 1. The number of anilines is 1. The number of fused-ring (bicyclic) bond motifs is 1. The summed E-state index contributed by atoms with van der Waals surface area (Å²) in [5.41, 5.74) is 3.04. The van der Waals surface area contributed by atoms with Crippen LogP contribution in [-0.4, -0.2) is 40.0 Å². The highest BCUT2D eigenvalue weighted by Gasteiger charge is 2.30. The lowest BCUT2D eigenvalue weighted by atomic mass is 9.94. The Morgan fingerprint density at radius 2 is 2.07 bits per heavy atom. The van der Waals surface area contributed by atoms with Crippen molar-refractivity contribution >= 4 is 11.7 Å². The van der Waals surface area contributed by atoms with Gasteiger partial charge in [0, 0.05) is 53.8 Å². The van der Waals surface area contributed by atoms with E-state index in [9.17, 15) is 4.79 Å². The SMILES string of the molecule is CC(C)(C)C(=O)NC1CCCN(c2nc(-c3cccnc3)nc3c2CCC3)C1. The van der Waals surface area contributed by atoms with Crippen LogP contribution in [0.25, 0.3) is 11.4 Å². The van der Waals surface area contributed by atoms with Gasteiger partial charge in [0.1, 0.15) is 5.82 Å². The molecule has 1 saturated heterocycles. The molecule has 1 atom stereocenters. The van der Waals surface area contributed by atoms with Crippen LogP contribution in [-0.2, 0) is 17.6 Å². The molecule has 3 heterocycles. The molecule has 2 aromatic heterocycles. The first-order chi connectivity index (χ1) is 13.4. The van der Waals surface area contributed by atoms with Gasteiger partial charge in [-0.25, -0.2) is 9.97 Å². The molecule has 148 valence electrons. The third-order valence-electron chi connectivity index (χ3n) is 5.57. The molecule has 0 saturated carbocycles. The average molecular weight is 380 g/mol. The number of piperidine rings is 1. The highest BCUT2D eigenvalue weighted by Crippen LogP contribution is 2.32. The number of pyridine rings is 1. The minimum atomic E-state index is -0.369. The van der Waals surface area contributed by atoms with Crippen molar-refractivity contribution in [2.75, 3.05) is 18.0 Å². The summed E-state index contributed by atoms with van der Waals surface area (Å²) in [5, 5.41) is 3.24. The van der Waals surface area contributed by atoms with Gasteiger partial charge in [-0.1, -0.05) is 20.8 Å². The maximum Gasteiger partial charge on any atom is 0.225 e. The first-order valence-electron chi connectivity index (χ1n) is 10.3. The fraction of sp³-hybridized carbons (Fsp3) is 0.545. The summed E-state index contributed by atoms with van der Waals surface area (Å²) in [6, 6.07) is 4.09. The van der Waals surface area contributed by atoms with Crippen molar-refractivity contribution in [1.29, 1.82) is 0 Å². The Bertz CT molecular complexity index is 859. The molecule has 4 rings (SSSR count). The van der Waals surface area contributed by atoms with Gasteiger partial charge in [-0.3, -0.25) is 9.78 Å². The summed E-state index contributed by atoms with van der Waals surface area (Å²) in [6.07, 6.45) is 8.83. The van der Waals surface area contributed by atoms with Gasteiger partial charge in [0.25, 0.3) is 0 Å². The molecule has 2 aromatic rings. The van der Waals surface area contributed by atoms with Crippen molar-refractivity contribution in [3.05, 3.63) is 35.8 Å². The van der Waals surface area contributed by atoms with Crippen molar-refractivity contribution in [2.45, 2.75) is 58.9 Å². The lowest BCUT2D eigenvalue weighted by molar-refractivity contribution is -0.129. The maximum atomic E-state index is 12.4. The number of aromatic nitrogens is 3. The van der Waals surface area contributed by atoms with Crippen LogP contribution in [0.1, 0.15) is 51.3 Å². The van der Waals surface area contributed by atoms with E-state index < -0.39 is 0 Å². The summed E-state index contributed by atoms with van der Waals surface area (Å²) >= 11 is 0. The molecule has 1 aliphatic carbocycles. The average Bonchev–Trinajstić information content (AvgIpc) is 3.16. The zero-order valence-electron chi connectivity index (χ0n) is 17.0. The molecule has 0 bridgehead atoms. The number of carbonyl (C=O) groups excluding carboxylic acids is 1. The first-order valence-corrected chi connectivity index (χ1v) is 10.3. The second-order valence-corrected chi connectivity index (χ2v) is 8.90. The Kier molecular flexibility index (Phi) is 5.04. The van der Waals surface area contributed by atoms with Crippen LogP contribution in [0.3, 0.4) is 0 Å². The topological polar surface area (TPSA) is 71.0 Å². The first kappa shape index (κ1) is 18.8. The number of nitrogens with one attached hydrogen (secondary N) is 1. The number of aryl methyl sites for hydroxylation is 1. The summed E-state index contributed by atoms with van der Waals surface area (Å²) in [6.45, 7) is 7.65. The molecule has 28 heavy (non-hydrogen) atoms. The maximum absolute atomic E-state index is 12.4. The Morgan fingerprint density at radius 1 is 1.21 bits per heavy atom. The van der Waals surface area contributed by atoms with E-state index in [1.165, 1.54) is 11.3 Å². The van der Waals surface area contributed by atoms with Gasteiger partial charge >= 0.3 is 0 Å². The van der Waals surface area contributed by atoms with Gasteiger partial charge in [0.15, 0.2) is 5.82 Å². The quantitative estimate of drug-likeness (QED) is 0.887.